The zero-order chi connectivity index (χ0) is 21.6. The first-order valence-electron chi connectivity index (χ1n) is 9.20. The van der Waals surface area contributed by atoms with Gasteiger partial charge in [-0.3, -0.25) is 9.79 Å². The summed E-state index contributed by atoms with van der Waals surface area (Å²) >= 11 is 0. The highest BCUT2D eigenvalue weighted by atomic mass is 19.4. The third-order valence-electron chi connectivity index (χ3n) is 5.29. The third-order valence-corrected chi connectivity index (χ3v) is 5.29. The molecule has 0 bridgehead atoms. The van der Waals surface area contributed by atoms with Gasteiger partial charge in [0.2, 0.25) is 5.88 Å². The van der Waals surface area contributed by atoms with Gasteiger partial charge >= 0.3 is 12.1 Å². The summed E-state index contributed by atoms with van der Waals surface area (Å²) in [6.45, 7) is 1.46. The van der Waals surface area contributed by atoms with Crippen molar-refractivity contribution < 1.29 is 32.2 Å². The second-order valence-electron chi connectivity index (χ2n) is 7.12. The number of carbonyl (C=O) groups excluding carboxylic acids is 2. The number of rotatable bonds is 2. The van der Waals surface area contributed by atoms with Crippen LogP contribution in [0.25, 0.3) is 0 Å². The third kappa shape index (κ3) is 3.28. The number of benzene rings is 1. The summed E-state index contributed by atoms with van der Waals surface area (Å²) in [5.74, 6) is -2.42. The van der Waals surface area contributed by atoms with Crippen LogP contribution in [0.15, 0.2) is 46.8 Å². The van der Waals surface area contributed by atoms with Crippen LogP contribution in [-0.4, -0.2) is 60.7 Å². The lowest BCUT2D eigenvalue weighted by molar-refractivity contribution is -0.161. The monoisotopic (exact) mass is 424 g/mol. The zero-order valence-electron chi connectivity index (χ0n) is 16.1. The van der Waals surface area contributed by atoms with Crippen LogP contribution in [0.1, 0.15) is 18.4 Å². The second kappa shape index (κ2) is 7.31. The number of halogens is 3. The summed E-state index contributed by atoms with van der Waals surface area (Å²) in [4.78, 5) is 29.2. The van der Waals surface area contributed by atoms with Crippen LogP contribution < -0.4 is 10.7 Å². The number of nitrogens with one attached hydrogen (secondary N) is 2. The first-order valence-corrected chi connectivity index (χ1v) is 9.20. The molecule has 1 amide bonds. The first-order chi connectivity index (χ1) is 14.2. The van der Waals surface area contributed by atoms with Crippen molar-refractivity contribution >= 4 is 17.6 Å². The van der Waals surface area contributed by atoms with Crippen molar-refractivity contribution in [3.05, 3.63) is 47.4 Å². The maximum Gasteiger partial charge on any atom is 0.406 e. The van der Waals surface area contributed by atoms with Gasteiger partial charge in [-0.2, -0.15) is 13.2 Å². The Morgan fingerprint density at radius 2 is 2.00 bits per heavy atom. The van der Waals surface area contributed by atoms with Gasteiger partial charge in [0, 0.05) is 0 Å². The van der Waals surface area contributed by atoms with E-state index < -0.39 is 42.2 Å². The van der Waals surface area contributed by atoms with Crippen LogP contribution in [0.2, 0.25) is 0 Å². The standard InChI is InChI=1S/C19H19F3N4O4/c1-9-12(16-24-11(8-30-16)18(28)29-2)17(27)26-15(23-9)13(10-6-4-3-5-7-10)14(25-26)19(20,21)22/h3-7,11,13-15,24-25H,8H2,1-2H3/b16-12-/t11-,13?,14?,15?/m0/s1. The normalized spacial score (nSPS) is 31.0. The average Bonchev–Trinajstić information content (AvgIpc) is 3.33. The maximum atomic E-state index is 13.8. The number of aliphatic imine (C=N–C) groups is 1. The molecular weight excluding hydrogens is 405 g/mol. The van der Waals surface area contributed by atoms with Crippen LogP contribution in [0.4, 0.5) is 13.2 Å². The van der Waals surface area contributed by atoms with E-state index in [2.05, 4.69) is 20.5 Å². The van der Waals surface area contributed by atoms with E-state index in [1.807, 2.05) is 0 Å². The maximum absolute atomic E-state index is 13.8. The number of nitrogens with zero attached hydrogens (tertiary/aromatic N) is 2. The molecule has 3 aliphatic heterocycles. The Labute approximate surface area is 169 Å². The van der Waals surface area contributed by atoms with Crippen LogP contribution in [0.3, 0.4) is 0 Å². The summed E-state index contributed by atoms with van der Waals surface area (Å²) in [5, 5.41) is 3.63. The van der Waals surface area contributed by atoms with Crippen molar-refractivity contribution in [1.29, 1.82) is 0 Å². The number of carbonyl (C=O) groups is 2. The predicted octanol–water partition coefficient (Wildman–Crippen LogP) is 1.22. The number of amides is 1. The fourth-order valence-corrected chi connectivity index (χ4v) is 3.89. The lowest BCUT2D eigenvalue weighted by atomic mass is 9.89. The average molecular weight is 424 g/mol. The number of ether oxygens (including phenoxy) is 2. The summed E-state index contributed by atoms with van der Waals surface area (Å²) < 4.78 is 51.4. The lowest BCUT2D eigenvalue weighted by Crippen LogP contribution is -2.50. The molecule has 2 fully saturated rings. The van der Waals surface area contributed by atoms with Gasteiger partial charge in [0.1, 0.15) is 24.4 Å². The van der Waals surface area contributed by atoms with Gasteiger partial charge in [-0.15, -0.1) is 0 Å². The molecule has 4 rings (SSSR count). The molecule has 3 aliphatic rings. The molecule has 0 spiro atoms. The van der Waals surface area contributed by atoms with Crippen LogP contribution >= 0.6 is 0 Å². The van der Waals surface area contributed by atoms with E-state index >= 15 is 0 Å². The predicted molar refractivity (Wildman–Crippen MR) is 97.8 cm³/mol. The first kappa shape index (κ1) is 20.2. The molecule has 3 unspecified atom stereocenters. The number of esters is 1. The Morgan fingerprint density at radius 1 is 1.30 bits per heavy atom. The molecule has 11 heteroatoms. The van der Waals surface area contributed by atoms with Crippen molar-refractivity contribution in [2.45, 2.75) is 37.3 Å². The van der Waals surface area contributed by atoms with Crippen molar-refractivity contribution in [2.24, 2.45) is 4.99 Å². The van der Waals surface area contributed by atoms with Crippen molar-refractivity contribution in [3.63, 3.8) is 0 Å². The molecule has 2 N–H and O–H groups in total. The largest absolute Gasteiger partial charge is 0.476 e. The van der Waals surface area contributed by atoms with E-state index in [4.69, 9.17) is 4.74 Å². The molecule has 0 aliphatic carbocycles. The van der Waals surface area contributed by atoms with E-state index in [9.17, 15) is 22.8 Å². The Bertz CT molecular complexity index is 931. The molecule has 2 saturated heterocycles. The molecule has 3 heterocycles. The summed E-state index contributed by atoms with van der Waals surface area (Å²) in [6.07, 6.45) is -5.68. The highest BCUT2D eigenvalue weighted by Gasteiger charge is 2.58. The topological polar surface area (TPSA) is 92.3 Å². The number of methoxy groups -OCH3 is 1. The Kier molecular flexibility index (Phi) is 4.92. The minimum Gasteiger partial charge on any atom is -0.476 e. The smallest absolute Gasteiger partial charge is 0.406 e. The van der Waals surface area contributed by atoms with Gasteiger partial charge in [-0.25, -0.2) is 15.2 Å². The molecule has 1 aromatic carbocycles. The Balaban J connectivity index is 1.73. The van der Waals surface area contributed by atoms with E-state index in [-0.39, 0.29) is 23.8 Å². The summed E-state index contributed by atoms with van der Waals surface area (Å²) in [5.41, 5.74) is 2.90. The summed E-state index contributed by atoms with van der Waals surface area (Å²) in [6, 6.07) is 5.35. The molecule has 0 saturated carbocycles. The molecule has 8 nitrogen and oxygen atoms in total. The van der Waals surface area contributed by atoms with Crippen LogP contribution in [-0.2, 0) is 19.1 Å². The highest BCUT2D eigenvalue weighted by molar-refractivity contribution is 6.22. The van der Waals surface area contributed by atoms with E-state index in [1.54, 1.807) is 30.3 Å². The van der Waals surface area contributed by atoms with Gasteiger partial charge in [-0.1, -0.05) is 30.3 Å². The second-order valence-corrected chi connectivity index (χ2v) is 7.12. The number of hydrogen-bond acceptors (Lipinski definition) is 7. The van der Waals surface area contributed by atoms with Gasteiger partial charge in [0.15, 0.2) is 6.04 Å². The fraction of sp³-hybridized carbons (Fsp3) is 0.421. The molecule has 1 aromatic rings. The van der Waals surface area contributed by atoms with Crippen LogP contribution in [0, 0.1) is 0 Å². The SMILES string of the molecule is COC(=O)[C@@H]1CO/C(=C2\C(=O)N3NC(C(F)(F)F)C(c4ccccc4)C3N=C2C)N1. The number of hydrogen-bond donors (Lipinski definition) is 2. The van der Waals surface area contributed by atoms with E-state index in [1.165, 1.54) is 14.0 Å². The molecule has 160 valence electrons. The minimum atomic E-state index is -4.60. The molecule has 30 heavy (non-hydrogen) atoms. The van der Waals surface area contributed by atoms with Gasteiger partial charge in [0.05, 0.1) is 18.7 Å². The molecule has 0 radical (unpaired) electrons. The Hall–Kier alpha value is -3.08. The van der Waals surface area contributed by atoms with Crippen molar-refractivity contribution in [2.75, 3.05) is 13.7 Å². The lowest BCUT2D eigenvalue weighted by Gasteiger charge is -2.30. The van der Waals surface area contributed by atoms with E-state index in [0.29, 0.717) is 5.56 Å². The van der Waals surface area contributed by atoms with E-state index in [0.717, 1.165) is 5.01 Å². The van der Waals surface area contributed by atoms with Gasteiger partial charge in [0.25, 0.3) is 5.91 Å². The Morgan fingerprint density at radius 3 is 2.63 bits per heavy atom. The van der Waals surface area contributed by atoms with Crippen molar-refractivity contribution in [3.8, 4) is 0 Å². The number of alkyl halides is 3. The zero-order valence-corrected chi connectivity index (χ0v) is 16.1. The number of hydrazine groups is 1. The molecule has 4 atom stereocenters. The molecular formula is C19H19F3N4O4. The van der Waals surface area contributed by atoms with Gasteiger partial charge in [-0.05, 0) is 12.5 Å². The fourth-order valence-electron chi connectivity index (χ4n) is 3.89. The number of fused-ring (bicyclic) bond motifs is 1. The van der Waals surface area contributed by atoms with Crippen molar-refractivity contribution in [1.82, 2.24) is 15.8 Å². The minimum absolute atomic E-state index is 0.0105. The quantitative estimate of drug-likeness (QED) is 0.548. The highest BCUT2D eigenvalue weighted by Crippen LogP contribution is 2.42. The summed E-state index contributed by atoms with van der Waals surface area (Å²) in [7, 11) is 1.22. The van der Waals surface area contributed by atoms with Gasteiger partial charge < -0.3 is 14.8 Å². The van der Waals surface area contributed by atoms with Crippen LogP contribution in [0.5, 0.6) is 0 Å². The molecule has 0 aromatic heterocycles.